The van der Waals surface area contributed by atoms with Gasteiger partial charge < -0.3 is 9.74 Å². The minimum atomic E-state index is -0.825. The largest absolute Gasteiger partial charge is 0.333 e. The van der Waals surface area contributed by atoms with Crippen molar-refractivity contribution >= 4 is 41.5 Å². The minimum Gasteiger partial charge on any atom is -0.330 e. The van der Waals surface area contributed by atoms with Crippen LogP contribution in [0, 0.1) is 0 Å². The van der Waals surface area contributed by atoms with E-state index >= 15 is 0 Å². The molecule has 0 bridgehead atoms. The standard InChI is InChI=1S/C23H18N2O5/c26-20(13-14-23(29)30-25-21(27)11-12-22(25)28)24-15-18-7-2-1-5-16(18)9-10-17-6-3-4-8-19(17)24/h1-12H,13-15H2/b10-9-. The molecule has 0 saturated heterocycles. The Kier molecular flexibility index (Phi) is 5.26. The molecule has 0 N–H and O–H groups in total. The van der Waals surface area contributed by atoms with Gasteiger partial charge in [-0.1, -0.05) is 59.7 Å². The minimum absolute atomic E-state index is 0.122. The van der Waals surface area contributed by atoms with Gasteiger partial charge in [0, 0.05) is 18.6 Å². The summed E-state index contributed by atoms with van der Waals surface area (Å²) < 4.78 is 0. The highest BCUT2D eigenvalue weighted by molar-refractivity contribution is 6.12. The number of hydrogen-bond acceptors (Lipinski definition) is 5. The first-order valence-corrected chi connectivity index (χ1v) is 9.45. The summed E-state index contributed by atoms with van der Waals surface area (Å²) in [6.07, 6.45) is 5.63. The van der Waals surface area contributed by atoms with Gasteiger partial charge in [0.05, 0.1) is 18.7 Å². The van der Waals surface area contributed by atoms with Gasteiger partial charge in [-0.2, -0.15) is 0 Å². The third kappa shape index (κ3) is 3.91. The first kappa shape index (κ1) is 19.3. The second-order valence-corrected chi connectivity index (χ2v) is 6.84. The summed E-state index contributed by atoms with van der Waals surface area (Å²) in [5.41, 5.74) is 3.64. The number of nitrogens with zero attached hydrogens (tertiary/aromatic N) is 2. The smallest absolute Gasteiger partial charge is 0.330 e. The van der Waals surface area contributed by atoms with Crippen molar-refractivity contribution in [1.82, 2.24) is 5.06 Å². The van der Waals surface area contributed by atoms with Gasteiger partial charge in [-0.3, -0.25) is 14.4 Å². The van der Waals surface area contributed by atoms with E-state index in [1.807, 2.05) is 60.7 Å². The first-order chi connectivity index (χ1) is 14.5. The van der Waals surface area contributed by atoms with E-state index in [9.17, 15) is 19.2 Å². The monoisotopic (exact) mass is 402 g/mol. The van der Waals surface area contributed by atoms with Crippen LogP contribution in [0.2, 0.25) is 0 Å². The predicted octanol–water partition coefficient (Wildman–Crippen LogP) is 2.87. The molecule has 30 heavy (non-hydrogen) atoms. The maximum Gasteiger partial charge on any atom is 0.333 e. The van der Waals surface area contributed by atoms with Crippen LogP contribution in [0.5, 0.6) is 0 Å². The van der Waals surface area contributed by atoms with Crippen molar-refractivity contribution in [3.05, 3.63) is 77.4 Å². The molecule has 2 aromatic carbocycles. The number of amides is 3. The number of benzene rings is 2. The van der Waals surface area contributed by atoms with Crippen LogP contribution in [0.15, 0.2) is 60.7 Å². The summed E-state index contributed by atoms with van der Waals surface area (Å²) in [5.74, 6) is -2.53. The Morgan fingerprint density at radius 2 is 1.43 bits per heavy atom. The summed E-state index contributed by atoms with van der Waals surface area (Å²) in [6.45, 7) is 0.360. The van der Waals surface area contributed by atoms with E-state index in [1.54, 1.807) is 4.90 Å². The predicted molar refractivity (Wildman–Crippen MR) is 109 cm³/mol. The molecule has 0 saturated carbocycles. The molecule has 0 fully saturated rings. The average molecular weight is 402 g/mol. The lowest BCUT2D eigenvalue weighted by atomic mass is 10.0. The fraction of sp³-hybridized carbons (Fsp3) is 0.130. The van der Waals surface area contributed by atoms with Gasteiger partial charge in [0.2, 0.25) is 5.91 Å². The summed E-state index contributed by atoms with van der Waals surface area (Å²) >= 11 is 0. The first-order valence-electron chi connectivity index (χ1n) is 9.45. The van der Waals surface area contributed by atoms with E-state index < -0.39 is 17.8 Å². The van der Waals surface area contributed by atoms with E-state index in [1.165, 1.54) is 0 Å². The molecule has 0 aliphatic carbocycles. The molecule has 0 spiro atoms. The van der Waals surface area contributed by atoms with Gasteiger partial charge in [0.1, 0.15) is 0 Å². The maximum absolute atomic E-state index is 13.0. The Hall–Kier alpha value is -4.00. The van der Waals surface area contributed by atoms with Crippen LogP contribution in [0.1, 0.15) is 29.5 Å². The fourth-order valence-electron chi connectivity index (χ4n) is 3.34. The molecular formula is C23H18N2O5. The van der Waals surface area contributed by atoms with Crippen molar-refractivity contribution in [1.29, 1.82) is 0 Å². The number of imide groups is 1. The number of hydroxylamine groups is 2. The Labute approximate surface area is 172 Å². The van der Waals surface area contributed by atoms with Gasteiger partial charge in [-0.25, -0.2) is 4.79 Å². The molecule has 2 aliphatic rings. The SMILES string of the molecule is O=C(CCC(=O)N1Cc2ccccc2/C=C\c2ccccc21)ON1C(=O)C=CC1=O. The van der Waals surface area contributed by atoms with Gasteiger partial charge in [-0.15, -0.1) is 0 Å². The Balaban J connectivity index is 1.50. The van der Waals surface area contributed by atoms with Crippen molar-refractivity contribution in [2.45, 2.75) is 19.4 Å². The summed E-state index contributed by atoms with van der Waals surface area (Å²) in [6, 6.07) is 15.3. The molecule has 4 rings (SSSR count). The van der Waals surface area contributed by atoms with Crippen LogP contribution in [-0.2, 0) is 30.6 Å². The molecule has 150 valence electrons. The lowest BCUT2D eigenvalue weighted by molar-refractivity contribution is -0.196. The van der Waals surface area contributed by atoms with Crippen molar-refractivity contribution in [2.24, 2.45) is 0 Å². The van der Waals surface area contributed by atoms with E-state index in [0.717, 1.165) is 34.5 Å². The summed E-state index contributed by atoms with van der Waals surface area (Å²) in [4.78, 5) is 54.5. The Morgan fingerprint density at radius 3 is 2.20 bits per heavy atom. The molecular weight excluding hydrogens is 384 g/mol. The number of para-hydroxylation sites is 1. The fourth-order valence-corrected chi connectivity index (χ4v) is 3.34. The van der Waals surface area contributed by atoms with Gasteiger partial charge in [0.15, 0.2) is 0 Å². The zero-order valence-electron chi connectivity index (χ0n) is 16.0. The van der Waals surface area contributed by atoms with Crippen molar-refractivity contribution in [2.75, 3.05) is 4.90 Å². The van der Waals surface area contributed by atoms with Gasteiger partial charge in [0.25, 0.3) is 11.8 Å². The molecule has 2 aromatic rings. The number of hydrogen-bond donors (Lipinski definition) is 0. The molecule has 7 nitrogen and oxygen atoms in total. The zero-order valence-corrected chi connectivity index (χ0v) is 16.0. The molecule has 0 radical (unpaired) electrons. The molecule has 2 aliphatic heterocycles. The number of carbonyl (C=O) groups is 4. The second kappa shape index (κ2) is 8.16. The van der Waals surface area contributed by atoms with E-state index in [4.69, 9.17) is 4.84 Å². The Morgan fingerprint density at radius 1 is 0.800 bits per heavy atom. The number of anilines is 1. The maximum atomic E-state index is 13.0. The highest BCUT2D eigenvalue weighted by Gasteiger charge is 2.28. The number of carbonyl (C=O) groups excluding carboxylic acids is 4. The lowest BCUT2D eigenvalue weighted by Crippen LogP contribution is -2.34. The lowest BCUT2D eigenvalue weighted by Gasteiger charge is -2.27. The number of fused-ring (bicyclic) bond motifs is 2. The average Bonchev–Trinajstić information content (AvgIpc) is 3.05. The summed E-state index contributed by atoms with van der Waals surface area (Å²) in [5, 5.41) is 0.388. The van der Waals surface area contributed by atoms with E-state index in [0.29, 0.717) is 11.6 Å². The zero-order chi connectivity index (χ0) is 21.1. The normalized spacial score (nSPS) is 15.9. The molecule has 0 aromatic heterocycles. The summed E-state index contributed by atoms with van der Waals surface area (Å²) in [7, 11) is 0. The molecule has 3 amide bonds. The van der Waals surface area contributed by atoms with Gasteiger partial charge in [-0.05, 0) is 22.8 Å². The van der Waals surface area contributed by atoms with E-state index in [2.05, 4.69) is 0 Å². The highest BCUT2D eigenvalue weighted by atomic mass is 16.7. The van der Waals surface area contributed by atoms with Gasteiger partial charge >= 0.3 is 5.97 Å². The quantitative estimate of drug-likeness (QED) is 0.735. The molecule has 2 heterocycles. The molecule has 0 unspecified atom stereocenters. The second-order valence-electron chi connectivity index (χ2n) is 6.84. The van der Waals surface area contributed by atoms with Crippen LogP contribution >= 0.6 is 0 Å². The third-order valence-electron chi connectivity index (χ3n) is 4.86. The number of rotatable bonds is 4. The van der Waals surface area contributed by atoms with Crippen molar-refractivity contribution in [3.63, 3.8) is 0 Å². The van der Waals surface area contributed by atoms with Crippen molar-refractivity contribution in [3.8, 4) is 0 Å². The highest BCUT2D eigenvalue weighted by Crippen LogP contribution is 2.29. The molecule has 7 heteroatoms. The van der Waals surface area contributed by atoms with Crippen LogP contribution in [0.25, 0.3) is 12.2 Å². The van der Waals surface area contributed by atoms with Crippen molar-refractivity contribution < 1.29 is 24.0 Å². The van der Waals surface area contributed by atoms with Crippen LogP contribution in [0.4, 0.5) is 5.69 Å². The van der Waals surface area contributed by atoms with Crippen LogP contribution in [0.3, 0.4) is 0 Å². The molecule has 0 atom stereocenters. The Bertz CT molecular complexity index is 1080. The topological polar surface area (TPSA) is 84.0 Å². The van der Waals surface area contributed by atoms with Crippen LogP contribution in [-0.4, -0.2) is 28.8 Å². The third-order valence-corrected chi connectivity index (χ3v) is 4.86. The van der Waals surface area contributed by atoms with E-state index in [-0.39, 0.29) is 18.7 Å². The van der Waals surface area contributed by atoms with Crippen LogP contribution < -0.4 is 4.90 Å².